The van der Waals surface area contributed by atoms with Crippen molar-refractivity contribution < 1.29 is 0 Å². The van der Waals surface area contributed by atoms with Crippen molar-refractivity contribution in [2.45, 2.75) is 45.4 Å². The predicted octanol–water partition coefficient (Wildman–Crippen LogP) is 3.84. The van der Waals surface area contributed by atoms with Crippen LogP contribution in [0.25, 0.3) is 0 Å². The van der Waals surface area contributed by atoms with Gasteiger partial charge in [-0.1, -0.05) is 12.8 Å². The zero-order valence-corrected chi connectivity index (χ0v) is 17.1. The first kappa shape index (κ1) is 18.7. The summed E-state index contributed by atoms with van der Waals surface area (Å²) in [6.45, 7) is 6.71. The number of aliphatic imine (C=N–C) groups is 1. The van der Waals surface area contributed by atoms with Gasteiger partial charge >= 0.3 is 0 Å². The first-order valence-corrected chi connectivity index (χ1v) is 10.1. The van der Waals surface area contributed by atoms with Crippen molar-refractivity contribution in [3.8, 4) is 0 Å². The average Bonchev–Trinajstić information content (AvgIpc) is 2.96. The van der Waals surface area contributed by atoms with Gasteiger partial charge in [-0.2, -0.15) is 11.8 Å². The highest BCUT2D eigenvalue weighted by Crippen LogP contribution is 2.36. The Labute approximate surface area is 157 Å². The van der Waals surface area contributed by atoms with Crippen molar-refractivity contribution in [3.05, 3.63) is 0 Å². The number of guanidine groups is 1. The van der Waals surface area contributed by atoms with E-state index in [1.54, 1.807) is 0 Å². The van der Waals surface area contributed by atoms with Gasteiger partial charge in [0.1, 0.15) is 0 Å². The van der Waals surface area contributed by atoms with Crippen molar-refractivity contribution in [1.82, 2.24) is 10.2 Å². The predicted molar refractivity (Wildman–Crippen MR) is 108 cm³/mol. The minimum absolute atomic E-state index is 0. The molecule has 0 bridgehead atoms. The molecular formula is C17H32IN3S. The highest BCUT2D eigenvalue weighted by molar-refractivity contribution is 14.0. The molecule has 0 aromatic carbocycles. The van der Waals surface area contributed by atoms with Gasteiger partial charge in [-0.25, -0.2) is 0 Å². The second-order valence-electron chi connectivity index (χ2n) is 6.96. The van der Waals surface area contributed by atoms with E-state index in [1.165, 1.54) is 69.1 Å². The Morgan fingerprint density at radius 3 is 2.32 bits per heavy atom. The molecule has 0 amide bonds. The lowest BCUT2D eigenvalue weighted by molar-refractivity contribution is 0.299. The molecule has 0 aromatic rings. The fraction of sp³-hybridized carbons (Fsp3) is 0.941. The molecule has 1 saturated carbocycles. The SMILES string of the molecule is CCNC(=NCC1CCSCC1)N1CC2CCCCC2C1.I. The van der Waals surface area contributed by atoms with Crippen LogP contribution in [0.4, 0.5) is 0 Å². The second kappa shape index (κ2) is 9.60. The fourth-order valence-electron chi connectivity index (χ4n) is 4.15. The van der Waals surface area contributed by atoms with E-state index < -0.39 is 0 Å². The summed E-state index contributed by atoms with van der Waals surface area (Å²) in [5.74, 6) is 6.58. The molecule has 22 heavy (non-hydrogen) atoms. The summed E-state index contributed by atoms with van der Waals surface area (Å²) in [4.78, 5) is 7.56. The van der Waals surface area contributed by atoms with Crippen LogP contribution in [0.1, 0.15) is 45.4 Å². The third-order valence-electron chi connectivity index (χ3n) is 5.45. The molecule has 128 valence electrons. The molecule has 2 unspecified atom stereocenters. The minimum Gasteiger partial charge on any atom is -0.357 e. The standard InChI is InChI=1S/C17H31N3S.HI/c1-2-18-17(19-11-14-7-9-21-10-8-14)20-12-15-5-3-4-6-16(15)13-20;/h14-16H,2-13H2,1H3,(H,18,19);1H. The zero-order valence-electron chi connectivity index (χ0n) is 13.9. The number of rotatable bonds is 3. The van der Waals surface area contributed by atoms with E-state index in [4.69, 9.17) is 4.99 Å². The van der Waals surface area contributed by atoms with E-state index in [0.717, 1.165) is 30.8 Å². The normalized spacial score (nSPS) is 29.9. The molecule has 0 spiro atoms. The van der Waals surface area contributed by atoms with Gasteiger partial charge in [0.15, 0.2) is 5.96 Å². The van der Waals surface area contributed by atoms with Crippen LogP contribution in [-0.2, 0) is 0 Å². The van der Waals surface area contributed by atoms with Crippen molar-refractivity contribution in [2.24, 2.45) is 22.7 Å². The van der Waals surface area contributed by atoms with E-state index in [9.17, 15) is 0 Å². The third kappa shape index (κ3) is 4.92. The zero-order chi connectivity index (χ0) is 14.5. The van der Waals surface area contributed by atoms with E-state index in [1.807, 2.05) is 0 Å². The number of halogens is 1. The van der Waals surface area contributed by atoms with Crippen molar-refractivity contribution in [2.75, 3.05) is 37.7 Å². The molecule has 3 rings (SSSR count). The van der Waals surface area contributed by atoms with Crippen LogP contribution in [0.2, 0.25) is 0 Å². The van der Waals surface area contributed by atoms with Crippen LogP contribution in [0, 0.1) is 17.8 Å². The van der Waals surface area contributed by atoms with E-state index >= 15 is 0 Å². The van der Waals surface area contributed by atoms with Crippen molar-refractivity contribution in [1.29, 1.82) is 0 Å². The Balaban J connectivity index is 0.00000176. The summed E-state index contributed by atoms with van der Waals surface area (Å²) in [7, 11) is 0. The third-order valence-corrected chi connectivity index (χ3v) is 6.50. The largest absolute Gasteiger partial charge is 0.357 e. The molecule has 0 aromatic heterocycles. The van der Waals surface area contributed by atoms with E-state index in [2.05, 4.69) is 28.9 Å². The van der Waals surface area contributed by atoms with Gasteiger partial charge in [0.25, 0.3) is 0 Å². The molecule has 3 nitrogen and oxygen atoms in total. The van der Waals surface area contributed by atoms with Crippen molar-refractivity contribution >= 4 is 41.7 Å². The lowest BCUT2D eigenvalue weighted by Gasteiger charge is -2.24. The summed E-state index contributed by atoms with van der Waals surface area (Å²) in [6.07, 6.45) is 8.50. The molecule has 1 N–H and O–H groups in total. The van der Waals surface area contributed by atoms with Gasteiger partial charge in [-0.3, -0.25) is 4.99 Å². The number of hydrogen-bond donors (Lipinski definition) is 1. The van der Waals surface area contributed by atoms with Gasteiger partial charge in [-0.05, 0) is 61.9 Å². The molecule has 3 aliphatic rings. The summed E-state index contributed by atoms with van der Waals surface area (Å²) >= 11 is 2.11. The maximum atomic E-state index is 5.00. The minimum atomic E-state index is 0. The molecular weight excluding hydrogens is 405 g/mol. The molecule has 3 fully saturated rings. The quantitative estimate of drug-likeness (QED) is 0.413. The number of hydrogen-bond acceptors (Lipinski definition) is 2. The average molecular weight is 437 g/mol. The number of nitrogens with one attached hydrogen (secondary N) is 1. The van der Waals surface area contributed by atoms with E-state index in [0.29, 0.717) is 0 Å². The van der Waals surface area contributed by atoms with Gasteiger partial charge < -0.3 is 10.2 Å². The maximum Gasteiger partial charge on any atom is 0.193 e. The molecule has 2 saturated heterocycles. The highest BCUT2D eigenvalue weighted by Gasteiger charge is 2.35. The molecule has 1 aliphatic carbocycles. The van der Waals surface area contributed by atoms with Gasteiger partial charge in [0.2, 0.25) is 0 Å². The number of likely N-dealkylation sites (tertiary alicyclic amines) is 1. The summed E-state index contributed by atoms with van der Waals surface area (Å²) in [5, 5.41) is 3.54. The summed E-state index contributed by atoms with van der Waals surface area (Å²) in [5.41, 5.74) is 0. The lowest BCUT2D eigenvalue weighted by Crippen LogP contribution is -2.40. The summed E-state index contributed by atoms with van der Waals surface area (Å²) < 4.78 is 0. The van der Waals surface area contributed by atoms with Crippen LogP contribution < -0.4 is 5.32 Å². The summed E-state index contributed by atoms with van der Waals surface area (Å²) in [6, 6.07) is 0. The van der Waals surface area contributed by atoms with Crippen LogP contribution in [-0.4, -0.2) is 48.5 Å². The highest BCUT2D eigenvalue weighted by atomic mass is 127. The number of thioether (sulfide) groups is 1. The fourth-order valence-corrected chi connectivity index (χ4v) is 5.35. The van der Waals surface area contributed by atoms with Crippen LogP contribution in [0.15, 0.2) is 4.99 Å². The molecule has 5 heteroatoms. The Morgan fingerprint density at radius 2 is 1.73 bits per heavy atom. The second-order valence-corrected chi connectivity index (χ2v) is 8.18. The van der Waals surface area contributed by atoms with Crippen LogP contribution in [0.5, 0.6) is 0 Å². The molecule has 2 atom stereocenters. The van der Waals surface area contributed by atoms with Crippen LogP contribution >= 0.6 is 35.7 Å². The maximum absolute atomic E-state index is 5.00. The Kier molecular flexibility index (Phi) is 8.15. The first-order chi connectivity index (χ1) is 10.4. The molecule has 0 radical (unpaired) electrons. The smallest absolute Gasteiger partial charge is 0.193 e. The monoisotopic (exact) mass is 437 g/mol. The first-order valence-electron chi connectivity index (χ1n) is 8.97. The van der Waals surface area contributed by atoms with Crippen molar-refractivity contribution in [3.63, 3.8) is 0 Å². The Bertz CT molecular complexity index is 344. The number of nitrogens with zero attached hydrogens (tertiary/aromatic N) is 2. The lowest BCUT2D eigenvalue weighted by atomic mass is 9.82. The molecule has 2 heterocycles. The molecule has 2 aliphatic heterocycles. The topological polar surface area (TPSA) is 27.6 Å². The van der Waals surface area contributed by atoms with Crippen LogP contribution in [0.3, 0.4) is 0 Å². The van der Waals surface area contributed by atoms with E-state index in [-0.39, 0.29) is 24.0 Å². The Morgan fingerprint density at radius 1 is 1.09 bits per heavy atom. The Hall–Kier alpha value is 0.350. The number of fused-ring (bicyclic) bond motifs is 1. The van der Waals surface area contributed by atoms with Gasteiger partial charge in [0.05, 0.1) is 0 Å². The van der Waals surface area contributed by atoms with Gasteiger partial charge in [0, 0.05) is 26.2 Å². The van der Waals surface area contributed by atoms with Gasteiger partial charge in [-0.15, -0.1) is 24.0 Å².